The number of benzene rings is 1. The lowest BCUT2D eigenvalue weighted by Gasteiger charge is -2.31. The number of nitrogens with zero attached hydrogens (tertiary/aromatic N) is 3. The van der Waals surface area contributed by atoms with Crippen LogP contribution in [-0.4, -0.2) is 47.1 Å². The average Bonchev–Trinajstić information content (AvgIpc) is 3.10. The summed E-state index contributed by atoms with van der Waals surface area (Å²) in [4.78, 5) is 19.0. The SMILES string of the molecule is CCc1nccn1CC1CCN(CC(=O)Nc2cc(Cl)ccc2OC)CC1. The van der Waals surface area contributed by atoms with E-state index in [9.17, 15) is 4.79 Å². The van der Waals surface area contributed by atoms with Crippen LogP contribution in [0.15, 0.2) is 30.6 Å². The number of nitrogens with one attached hydrogen (secondary N) is 1. The van der Waals surface area contributed by atoms with Crippen LogP contribution in [0.4, 0.5) is 5.69 Å². The van der Waals surface area contributed by atoms with Crippen molar-refractivity contribution in [1.29, 1.82) is 0 Å². The van der Waals surface area contributed by atoms with Crippen LogP contribution in [0, 0.1) is 5.92 Å². The number of methoxy groups -OCH3 is 1. The van der Waals surface area contributed by atoms with Gasteiger partial charge in [-0.15, -0.1) is 0 Å². The molecule has 1 aromatic heterocycles. The maximum Gasteiger partial charge on any atom is 0.238 e. The zero-order chi connectivity index (χ0) is 19.2. The van der Waals surface area contributed by atoms with Gasteiger partial charge in [-0.1, -0.05) is 18.5 Å². The molecule has 2 heterocycles. The van der Waals surface area contributed by atoms with Gasteiger partial charge >= 0.3 is 0 Å². The van der Waals surface area contributed by atoms with Crippen molar-refractivity contribution in [2.45, 2.75) is 32.7 Å². The number of ether oxygens (including phenoxy) is 1. The lowest BCUT2D eigenvalue weighted by atomic mass is 9.96. The van der Waals surface area contributed by atoms with E-state index in [1.165, 1.54) is 0 Å². The molecule has 0 unspecified atom stereocenters. The molecular formula is C20H27ClN4O2. The molecule has 1 aromatic carbocycles. The van der Waals surface area contributed by atoms with E-state index in [-0.39, 0.29) is 5.91 Å². The van der Waals surface area contributed by atoms with Crippen molar-refractivity contribution in [1.82, 2.24) is 14.5 Å². The first-order valence-corrected chi connectivity index (χ1v) is 9.82. The maximum absolute atomic E-state index is 12.4. The molecule has 1 amide bonds. The first-order valence-electron chi connectivity index (χ1n) is 9.44. The maximum atomic E-state index is 12.4. The van der Waals surface area contributed by atoms with Crippen LogP contribution in [0.3, 0.4) is 0 Å². The third kappa shape index (κ3) is 5.23. The molecule has 3 rings (SSSR count). The monoisotopic (exact) mass is 390 g/mol. The predicted octanol–water partition coefficient (Wildman–Crippen LogP) is 3.46. The zero-order valence-corrected chi connectivity index (χ0v) is 16.7. The number of amides is 1. The summed E-state index contributed by atoms with van der Waals surface area (Å²) < 4.78 is 7.54. The van der Waals surface area contributed by atoms with E-state index < -0.39 is 0 Å². The number of hydrogen-bond acceptors (Lipinski definition) is 4. The summed E-state index contributed by atoms with van der Waals surface area (Å²) >= 11 is 6.02. The second-order valence-corrected chi connectivity index (χ2v) is 7.40. The fourth-order valence-electron chi connectivity index (χ4n) is 3.60. The normalized spacial score (nSPS) is 15.7. The van der Waals surface area contributed by atoms with Gasteiger partial charge in [-0.2, -0.15) is 0 Å². The molecule has 1 aliphatic rings. The number of halogens is 1. The minimum absolute atomic E-state index is 0.0445. The number of aryl methyl sites for hydroxylation is 1. The van der Waals surface area contributed by atoms with Crippen molar-refractivity contribution in [2.24, 2.45) is 5.92 Å². The minimum Gasteiger partial charge on any atom is -0.495 e. The van der Waals surface area contributed by atoms with Gasteiger partial charge in [0.2, 0.25) is 5.91 Å². The Bertz CT molecular complexity index is 769. The van der Waals surface area contributed by atoms with Gasteiger partial charge in [0, 0.05) is 30.4 Å². The van der Waals surface area contributed by atoms with Crippen LogP contribution in [0.2, 0.25) is 5.02 Å². The van der Waals surface area contributed by atoms with Gasteiger partial charge in [0.15, 0.2) is 0 Å². The molecule has 2 aromatic rings. The van der Waals surface area contributed by atoms with E-state index in [4.69, 9.17) is 16.3 Å². The molecule has 0 aliphatic carbocycles. The Morgan fingerprint density at radius 3 is 2.85 bits per heavy atom. The number of aromatic nitrogens is 2. The van der Waals surface area contributed by atoms with Crippen molar-refractivity contribution in [3.63, 3.8) is 0 Å². The molecule has 27 heavy (non-hydrogen) atoms. The highest BCUT2D eigenvalue weighted by atomic mass is 35.5. The highest BCUT2D eigenvalue weighted by Crippen LogP contribution is 2.27. The number of carbonyl (C=O) groups is 1. The number of piperidine rings is 1. The van der Waals surface area contributed by atoms with Gasteiger partial charge in [-0.05, 0) is 50.0 Å². The van der Waals surface area contributed by atoms with E-state index >= 15 is 0 Å². The topological polar surface area (TPSA) is 59.4 Å². The second-order valence-electron chi connectivity index (χ2n) is 6.96. The fraction of sp³-hybridized carbons (Fsp3) is 0.500. The van der Waals surface area contributed by atoms with Crippen LogP contribution in [0.5, 0.6) is 5.75 Å². The van der Waals surface area contributed by atoms with Crippen LogP contribution < -0.4 is 10.1 Å². The van der Waals surface area contributed by atoms with E-state index in [0.717, 1.165) is 44.7 Å². The van der Waals surface area contributed by atoms with Crippen LogP contribution >= 0.6 is 11.6 Å². The van der Waals surface area contributed by atoms with Gasteiger partial charge in [0.05, 0.1) is 19.3 Å². The molecule has 1 N–H and O–H groups in total. The van der Waals surface area contributed by atoms with Crippen molar-refractivity contribution >= 4 is 23.2 Å². The predicted molar refractivity (Wildman–Crippen MR) is 107 cm³/mol. The summed E-state index contributed by atoms with van der Waals surface area (Å²) in [6, 6.07) is 5.20. The van der Waals surface area contributed by atoms with E-state index in [0.29, 0.717) is 28.9 Å². The van der Waals surface area contributed by atoms with Gasteiger partial charge in [-0.25, -0.2) is 4.98 Å². The number of hydrogen-bond donors (Lipinski definition) is 1. The van der Waals surface area contributed by atoms with Gasteiger partial charge < -0.3 is 14.6 Å². The molecule has 0 radical (unpaired) electrons. The molecule has 6 nitrogen and oxygen atoms in total. The summed E-state index contributed by atoms with van der Waals surface area (Å²) in [6.07, 6.45) is 7.09. The Hall–Kier alpha value is -2.05. The highest BCUT2D eigenvalue weighted by molar-refractivity contribution is 6.31. The van der Waals surface area contributed by atoms with Crippen molar-refractivity contribution < 1.29 is 9.53 Å². The molecule has 7 heteroatoms. The summed E-state index contributed by atoms with van der Waals surface area (Å²) in [5.41, 5.74) is 0.608. The smallest absolute Gasteiger partial charge is 0.238 e. The number of anilines is 1. The summed E-state index contributed by atoms with van der Waals surface area (Å²) in [5.74, 6) is 2.35. The first kappa shape index (κ1) is 19.7. The molecule has 1 fully saturated rings. The Kier molecular flexibility index (Phi) is 6.74. The highest BCUT2D eigenvalue weighted by Gasteiger charge is 2.22. The number of carbonyl (C=O) groups excluding carboxylic acids is 1. The summed E-state index contributed by atoms with van der Waals surface area (Å²) in [6.45, 7) is 5.40. The number of likely N-dealkylation sites (tertiary alicyclic amines) is 1. The quantitative estimate of drug-likeness (QED) is 0.786. The average molecular weight is 391 g/mol. The van der Waals surface area contributed by atoms with Gasteiger partial charge in [0.1, 0.15) is 11.6 Å². The lowest BCUT2D eigenvalue weighted by molar-refractivity contribution is -0.117. The Morgan fingerprint density at radius 2 is 2.15 bits per heavy atom. The minimum atomic E-state index is -0.0445. The molecule has 1 aliphatic heterocycles. The molecule has 1 saturated heterocycles. The largest absolute Gasteiger partial charge is 0.495 e. The molecule has 0 bridgehead atoms. The molecule has 0 saturated carbocycles. The van der Waals surface area contributed by atoms with Crippen LogP contribution in [0.1, 0.15) is 25.6 Å². The Balaban J connectivity index is 1.48. The lowest BCUT2D eigenvalue weighted by Crippen LogP contribution is -2.40. The first-order chi connectivity index (χ1) is 13.1. The van der Waals surface area contributed by atoms with Crippen LogP contribution in [-0.2, 0) is 17.8 Å². The van der Waals surface area contributed by atoms with Gasteiger partial charge in [0.25, 0.3) is 0 Å². The van der Waals surface area contributed by atoms with E-state index in [1.54, 1.807) is 25.3 Å². The number of imidazole rings is 1. The Labute approximate surface area is 165 Å². The fourth-order valence-corrected chi connectivity index (χ4v) is 3.77. The zero-order valence-electron chi connectivity index (χ0n) is 15.9. The third-order valence-corrected chi connectivity index (χ3v) is 5.32. The molecule has 0 atom stereocenters. The van der Waals surface area contributed by atoms with Crippen molar-refractivity contribution in [2.75, 3.05) is 32.1 Å². The number of rotatable bonds is 7. The molecular weight excluding hydrogens is 364 g/mol. The summed E-state index contributed by atoms with van der Waals surface area (Å²) in [7, 11) is 1.58. The molecule has 0 spiro atoms. The Morgan fingerprint density at radius 1 is 1.37 bits per heavy atom. The van der Waals surface area contributed by atoms with Crippen molar-refractivity contribution in [3.05, 3.63) is 41.4 Å². The van der Waals surface area contributed by atoms with Gasteiger partial charge in [-0.3, -0.25) is 9.69 Å². The van der Waals surface area contributed by atoms with Crippen LogP contribution in [0.25, 0.3) is 0 Å². The van der Waals surface area contributed by atoms with E-state index in [1.807, 2.05) is 6.20 Å². The van der Waals surface area contributed by atoms with E-state index in [2.05, 4.69) is 32.9 Å². The standard InChI is InChI=1S/C20H27ClN4O2/c1-3-19-22-8-11-25(19)13-15-6-9-24(10-7-15)14-20(26)23-17-12-16(21)4-5-18(17)27-2/h4-5,8,11-12,15H,3,6-7,9-10,13-14H2,1-2H3,(H,23,26). The summed E-state index contributed by atoms with van der Waals surface area (Å²) in [5, 5.41) is 3.48. The third-order valence-electron chi connectivity index (χ3n) is 5.08. The molecule has 146 valence electrons. The second kappa shape index (κ2) is 9.24. The van der Waals surface area contributed by atoms with Crippen molar-refractivity contribution in [3.8, 4) is 5.75 Å².